The Bertz CT molecular complexity index is 420. The summed E-state index contributed by atoms with van der Waals surface area (Å²) in [7, 11) is 0. The van der Waals surface area contributed by atoms with Gasteiger partial charge in [-0.15, -0.1) is 0 Å². The molecule has 1 aromatic rings. The average Bonchev–Trinajstić information content (AvgIpc) is 2.34. The third-order valence-corrected chi connectivity index (χ3v) is 3.63. The molecule has 1 aromatic carbocycles. The van der Waals surface area contributed by atoms with Crippen LogP contribution in [0.3, 0.4) is 0 Å². The lowest BCUT2D eigenvalue weighted by Gasteiger charge is -2.24. The molecule has 1 rings (SSSR count). The smallest absolute Gasteiger partial charge is 0.0723 e. The van der Waals surface area contributed by atoms with Crippen molar-refractivity contribution in [1.82, 2.24) is 0 Å². The highest BCUT2D eigenvalue weighted by atomic mass is 16.5. The van der Waals surface area contributed by atoms with Crippen LogP contribution in [0.1, 0.15) is 70.7 Å². The Balaban J connectivity index is 3.13. The maximum atomic E-state index is 5.82. The van der Waals surface area contributed by atoms with Gasteiger partial charge in [0, 0.05) is 0 Å². The van der Waals surface area contributed by atoms with Crippen molar-refractivity contribution in [3.8, 4) is 0 Å². The molecule has 0 aliphatic rings. The molecule has 0 spiro atoms. The molecule has 0 unspecified atom stereocenters. The van der Waals surface area contributed by atoms with Gasteiger partial charge in [0.25, 0.3) is 0 Å². The average molecular weight is 292 g/mol. The Hall–Kier alpha value is -0.860. The molecule has 0 bridgehead atoms. The van der Waals surface area contributed by atoms with Gasteiger partial charge in [-0.3, -0.25) is 0 Å². The van der Waals surface area contributed by atoms with Crippen LogP contribution in [0.2, 0.25) is 0 Å². The van der Waals surface area contributed by atoms with Crippen LogP contribution in [0.15, 0.2) is 12.1 Å². The Morgan fingerprint density at radius 3 is 1.52 bits per heavy atom. The molecule has 0 aromatic heterocycles. The van der Waals surface area contributed by atoms with Crippen LogP contribution in [-0.4, -0.2) is 12.2 Å². The molecule has 0 aliphatic carbocycles. The second-order valence-corrected chi connectivity index (χ2v) is 7.39. The van der Waals surface area contributed by atoms with Crippen LogP contribution in [0.5, 0.6) is 0 Å². The molecule has 2 nitrogen and oxygen atoms in total. The van der Waals surface area contributed by atoms with Gasteiger partial charge in [-0.2, -0.15) is 0 Å². The third kappa shape index (κ3) is 5.80. The first-order chi connectivity index (χ1) is 9.61. The van der Waals surface area contributed by atoms with E-state index in [-0.39, 0.29) is 17.6 Å². The fourth-order valence-electron chi connectivity index (χ4n) is 2.09. The Morgan fingerprint density at radius 1 is 0.857 bits per heavy atom. The van der Waals surface area contributed by atoms with Crippen LogP contribution in [0.25, 0.3) is 0 Å². The van der Waals surface area contributed by atoms with Crippen molar-refractivity contribution in [2.24, 2.45) is 0 Å². The zero-order valence-electron chi connectivity index (χ0n) is 15.0. The number of rotatable bonds is 6. The van der Waals surface area contributed by atoms with Crippen LogP contribution < -0.4 is 0 Å². The maximum absolute atomic E-state index is 5.82. The first-order valence-electron chi connectivity index (χ1n) is 7.97. The Morgan fingerprint density at radius 2 is 1.24 bits per heavy atom. The number of benzene rings is 1. The fourth-order valence-corrected chi connectivity index (χ4v) is 2.09. The topological polar surface area (TPSA) is 18.5 Å². The summed E-state index contributed by atoms with van der Waals surface area (Å²) in [6.45, 7) is 18.6. The minimum Gasteiger partial charge on any atom is -0.374 e. The van der Waals surface area contributed by atoms with Gasteiger partial charge in [0.2, 0.25) is 0 Å². The van der Waals surface area contributed by atoms with E-state index in [2.05, 4.69) is 67.5 Å². The maximum Gasteiger partial charge on any atom is 0.0723 e. The van der Waals surface area contributed by atoms with Crippen molar-refractivity contribution < 1.29 is 9.47 Å². The van der Waals surface area contributed by atoms with Crippen molar-refractivity contribution in [2.75, 3.05) is 0 Å². The molecule has 0 heterocycles. The fraction of sp³-hybridized carbons (Fsp3) is 0.684. The van der Waals surface area contributed by atoms with E-state index in [9.17, 15) is 0 Å². The Kier molecular flexibility index (Phi) is 6.42. The zero-order chi connectivity index (χ0) is 16.2. The lowest BCUT2D eigenvalue weighted by atomic mass is 9.83. The number of hydrogen-bond acceptors (Lipinski definition) is 2. The van der Waals surface area contributed by atoms with E-state index in [1.165, 1.54) is 22.3 Å². The molecular formula is C19H32O2. The SMILES string of the molecule is Cc1c(COC(C)C)cc(C(C)(C)C)cc1COC(C)C. The van der Waals surface area contributed by atoms with Crippen LogP contribution in [-0.2, 0) is 28.1 Å². The predicted octanol–water partition coefficient (Wildman–Crippen LogP) is 5.14. The molecule has 0 amide bonds. The summed E-state index contributed by atoms with van der Waals surface area (Å²) in [4.78, 5) is 0. The summed E-state index contributed by atoms with van der Waals surface area (Å²) in [6, 6.07) is 4.58. The van der Waals surface area contributed by atoms with Crippen LogP contribution in [0.4, 0.5) is 0 Å². The van der Waals surface area contributed by atoms with E-state index in [1.54, 1.807) is 0 Å². The molecule has 0 aliphatic heterocycles. The van der Waals surface area contributed by atoms with Crippen molar-refractivity contribution in [3.05, 3.63) is 34.4 Å². The third-order valence-electron chi connectivity index (χ3n) is 3.63. The molecule has 0 radical (unpaired) electrons. The van der Waals surface area contributed by atoms with Crippen molar-refractivity contribution in [3.63, 3.8) is 0 Å². The summed E-state index contributed by atoms with van der Waals surface area (Å²) in [6.07, 6.45) is 0.496. The van der Waals surface area contributed by atoms with Crippen LogP contribution in [0, 0.1) is 6.92 Å². The number of ether oxygens (including phenoxy) is 2. The van der Waals surface area contributed by atoms with Crippen LogP contribution >= 0.6 is 0 Å². The second kappa shape index (κ2) is 7.42. The van der Waals surface area contributed by atoms with Gasteiger partial charge in [0.05, 0.1) is 25.4 Å². The first-order valence-corrected chi connectivity index (χ1v) is 7.97. The molecule has 0 atom stereocenters. The highest BCUT2D eigenvalue weighted by Gasteiger charge is 2.18. The minimum absolute atomic E-state index is 0.132. The molecule has 0 fully saturated rings. The van der Waals surface area contributed by atoms with Crippen molar-refractivity contribution >= 4 is 0 Å². The molecule has 0 saturated heterocycles. The van der Waals surface area contributed by atoms with E-state index >= 15 is 0 Å². The summed E-state index contributed by atoms with van der Waals surface area (Å²) >= 11 is 0. The van der Waals surface area contributed by atoms with E-state index in [0.29, 0.717) is 13.2 Å². The molecule has 21 heavy (non-hydrogen) atoms. The van der Waals surface area contributed by atoms with E-state index in [4.69, 9.17) is 9.47 Å². The van der Waals surface area contributed by atoms with E-state index in [1.807, 2.05) is 0 Å². The molecule has 2 heteroatoms. The summed E-state index contributed by atoms with van der Waals surface area (Å²) in [5, 5.41) is 0. The monoisotopic (exact) mass is 292 g/mol. The highest BCUT2D eigenvalue weighted by molar-refractivity contribution is 5.40. The van der Waals surface area contributed by atoms with E-state index < -0.39 is 0 Å². The molecule has 0 N–H and O–H groups in total. The minimum atomic E-state index is 0.132. The van der Waals surface area contributed by atoms with Gasteiger partial charge >= 0.3 is 0 Å². The van der Waals surface area contributed by atoms with Gasteiger partial charge in [-0.1, -0.05) is 32.9 Å². The lowest BCUT2D eigenvalue weighted by Crippen LogP contribution is -2.15. The van der Waals surface area contributed by atoms with Gasteiger partial charge in [0.15, 0.2) is 0 Å². The lowest BCUT2D eigenvalue weighted by molar-refractivity contribution is 0.0618. The second-order valence-electron chi connectivity index (χ2n) is 7.39. The van der Waals surface area contributed by atoms with Gasteiger partial charge < -0.3 is 9.47 Å². The molecular weight excluding hydrogens is 260 g/mol. The van der Waals surface area contributed by atoms with Crippen molar-refractivity contribution in [2.45, 2.75) is 86.2 Å². The summed E-state index contributed by atoms with van der Waals surface area (Å²) in [5.41, 5.74) is 5.33. The quantitative estimate of drug-likeness (QED) is 0.722. The largest absolute Gasteiger partial charge is 0.374 e. The van der Waals surface area contributed by atoms with Gasteiger partial charge in [-0.05, 0) is 62.3 Å². The zero-order valence-corrected chi connectivity index (χ0v) is 15.0. The Labute approximate surface area is 130 Å². The van der Waals surface area contributed by atoms with Gasteiger partial charge in [0.1, 0.15) is 0 Å². The summed E-state index contributed by atoms with van der Waals surface area (Å²) < 4.78 is 11.6. The predicted molar refractivity (Wildman–Crippen MR) is 89.7 cm³/mol. The molecule has 120 valence electrons. The normalized spacial score (nSPS) is 12.5. The first kappa shape index (κ1) is 18.2. The molecule has 0 saturated carbocycles. The van der Waals surface area contributed by atoms with Crippen molar-refractivity contribution in [1.29, 1.82) is 0 Å². The summed E-state index contributed by atoms with van der Waals surface area (Å²) in [5.74, 6) is 0. The van der Waals surface area contributed by atoms with Gasteiger partial charge in [-0.25, -0.2) is 0 Å². The standard InChI is InChI=1S/C19H32O2/c1-13(2)20-11-16-9-18(19(6,7)8)10-17(15(16)5)12-21-14(3)4/h9-10,13-14H,11-12H2,1-8H3. The highest BCUT2D eigenvalue weighted by Crippen LogP contribution is 2.28. The van der Waals surface area contributed by atoms with E-state index in [0.717, 1.165) is 0 Å². The number of hydrogen-bond donors (Lipinski definition) is 0.